The number of sulfonamides is 1. The predicted octanol–water partition coefficient (Wildman–Crippen LogP) is 3.29. The van der Waals surface area contributed by atoms with Crippen molar-refractivity contribution in [1.82, 2.24) is 4.72 Å². The van der Waals surface area contributed by atoms with E-state index in [-0.39, 0.29) is 10.9 Å². The molecule has 0 aliphatic carbocycles. The van der Waals surface area contributed by atoms with E-state index in [1.54, 1.807) is 30.3 Å². The lowest BCUT2D eigenvalue weighted by Gasteiger charge is -2.15. The van der Waals surface area contributed by atoms with Crippen LogP contribution < -0.4 is 4.72 Å². The first-order chi connectivity index (χ1) is 9.53. The number of rotatable bonds is 5. The Balaban J connectivity index is 2.16. The van der Waals surface area contributed by atoms with Gasteiger partial charge in [-0.25, -0.2) is 13.1 Å². The van der Waals surface area contributed by atoms with Crippen molar-refractivity contribution in [1.29, 1.82) is 0 Å². The highest BCUT2D eigenvalue weighted by Gasteiger charge is 2.17. The third-order valence-corrected chi connectivity index (χ3v) is 4.83. The van der Waals surface area contributed by atoms with Crippen LogP contribution in [0.4, 0.5) is 0 Å². The van der Waals surface area contributed by atoms with Crippen LogP contribution in [0, 0.1) is 0 Å². The van der Waals surface area contributed by atoms with Gasteiger partial charge in [0.2, 0.25) is 10.0 Å². The molecule has 1 N–H and O–H groups in total. The molecule has 106 valence electrons. The van der Waals surface area contributed by atoms with E-state index in [0.717, 1.165) is 12.0 Å². The quantitative estimate of drug-likeness (QED) is 0.918. The molecular weight excluding hydrogens is 270 g/mol. The van der Waals surface area contributed by atoms with Crippen LogP contribution in [0.25, 0.3) is 0 Å². The first-order valence-electron chi connectivity index (χ1n) is 6.69. The minimum absolute atomic E-state index is 0.258. The summed E-state index contributed by atoms with van der Waals surface area (Å²) in [5, 5.41) is 0. The summed E-state index contributed by atoms with van der Waals surface area (Å²) in [6.45, 7) is 3.94. The number of aryl methyl sites for hydroxylation is 1. The Morgan fingerprint density at radius 2 is 1.60 bits per heavy atom. The van der Waals surface area contributed by atoms with Crippen molar-refractivity contribution in [2.24, 2.45) is 0 Å². The van der Waals surface area contributed by atoms with Gasteiger partial charge in [0.1, 0.15) is 0 Å². The van der Waals surface area contributed by atoms with Crippen LogP contribution in [-0.2, 0) is 16.4 Å². The van der Waals surface area contributed by atoms with Gasteiger partial charge in [-0.3, -0.25) is 0 Å². The van der Waals surface area contributed by atoms with Gasteiger partial charge in [-0.1, -0.05) is 49.4 Å². The Morgan fingerprint density at radius 3 is 2.15 bits per heavy atom. The molecular formula is C16H19NO2S. The molecule has 0 aliphatic rings. The topological polar surface area (TPSA) is 46.2 Å². The molecule has 2 aromatic rings. The molecule has 0 saturated carbocycles. The molecule has 0 heterocycles. The van der Waals surface area contributed by atoms with E-state index in [2.05, 4.69) is 11.6 Å². The summed E-state index contributed by atoms with van der Waals surface area (Å²) in [5.74, 6) is 0. The molecule has 0 spiro atoms. The van der Waals surface area contributed by atoms with Crippen LogP contribution in [0.15, 0.2) is 59.5 Å². The first kappa shape index (κ1) is 14.8. The minimum Gasteiger partial charge on any atom is -0.207 e. The summed E-state index contributed by atoms with van der Waals surface area (Å²) < 4.78 is 27.2. The lowest BCUT2D eigenvalue weighted by atomic mass is 10.1. The van der Waals surface area contributed by atoms with Gasteiger partial charge in [0, 0.05) is 6.04 Å². The van der Waals surface area contributed by atoms with Crippen molar-refractivity contribution in [3.05, 3.63) is 65.7 Å². The Labute approximate surface area is 120 Å². The number of nitrogens with one attached hydrogen (secondary N) is 1. The van der Waals surface area contributed by atoms with E-state index in [0.29, 0.717) is 0 Å². The average molecular weight is 289 g/mol. The second-order valence-electron chi connectivity index (χ2n) is 4.75. The summed E-state index contributed by atoms with van der Waals surface area (Å²) in [7, 11) is -3.47. The van der Waals surface area contributed by atoms with E-state index < -0.39 is 10.0 Å². The van der Waals surface area contributed by atoms with Crippen molar-refractivity contribution in [2.75, 3.05) is 0 Å². The second kappa shape index (κ2) is 6.20. The van der Waals surface area contributed by atoms with E-state index in [4.69, 9.17) is 0 Å². The zero-order valence-electron chi connectivity index (χ0n) is 11.7. The Kier molecular flexibility index (Phi) is 4.57. The van der Waals surface area contributed by atoms with Crippen LogP contribution in [0.3, 0.4) is 0 Å². The molecule has 0 aliphatic heterocycles. The van der Waals surface area contributed by atoms with Gasteiger partial charge in [0.05, 0.1) is 4.90 Å². The van der Waals surface area contributed by atoms with E-state index >= 15 is 0 Å². The maximum absolute atomic E-state index is 12.2. The highest BCUT2D eigenvalue weighted by molar-refractivity contribution is 7.89. The zero-order valence-corrected chi connectivity index (χ0v) is 12.5. The number of hydrogen-bond donors (Lipinski definition) is 1. The molecule has 4 heteroatoms. The van der Waals surface area contributed by atoms with Gasteiger partial charge in [-0.05, 0) is 36.6 Å². The molecule has 0 aromatic heterocycles. The van der Waals surface area contributed by atoms with Crippen molar-refractivity contribution >= 4 is 10.0 Å². The van der Waals surface area contributed by atoms with Gasteiger partial charge in [-0.2, -0.15) is 0 Å². The van der Waals surface area contributed by atoms with E-state index in [1.807, 2.05) is 31.2 Å². The fourth-order valence-corrected chi connectivity index (χ4v) is 3.26. The number of hydrogen-bond acceptors (Lipinski definition) is 2. The molecule has 0 fully saturated rings. The van der Waals surface area contributed by atoms with Crippen molar-refractivity contribution < 1.29 is 8.42 Å². The van der Waals surface area contributed by atoms with Crippen molar-refractivity contribution in [3.8, 4) is 0 Å². The molecule has 2 aromatic carbocycles. The van der Waals surface area contributed by atoms with Gasteiger partial charge >= 0.3 is 0 Å². The third kappa shape index (κ3) is 3.46. The van der Waals surface area contributed by atoms with Crippen LogP contribution in [0.5, 0.6) is 0 Å². The average Bonchev–Trinajstić information content (AvgIpc) is 2.48. The van der Waals surface area contributed by atoms with Gasteiger partial charge in [-0.15, -0.1) is 0 Å². The zero-order chi connectivity index (χ0) is 14.6. The standard InChI is InChI=1S/C16H19NO2S/c1-3-14-9-11-15(12-10-14)13(2)17-20(18,19)16-7-5-4-6-8-16/h4-13,17H,3H2,1-2H3. The van der Waals surface area contributed by atoms with Crippen LogP contribution in [0.1, 0.15) is 31.0 Å². The molecule has 0 radical (unpaired) electrons. The fourth-order valence-electron chi connectivity index (χ4n) is 2.01. The van der Waals surface area contributed by atoms with Crippen molar-refractivity contribution in [2.45, 2.75) is 31.2 Å². The van der Waals surface area contributed by atoms with Crippen LogP contribution in [0.2, 0.25) is 0 Å². The lowest BCUT2D eigenvalue weighted by molar-refractivity contribution is 0.567. The predicted molar refractivity (Wildman–Crippen MR) is 81.0 cm³/mol. The maximum atomic E-state index is 12.2. The molecule has 0 saturated heterocycles. The van der Waals surface area contributed by atoms with Crippen LogP contribution >= 0.6 is 0 Å². The summed E-state index contributed by atoms with van der Waals surface area (Å²) in [5.41, 5.74) is 2.20. The minimum atomic E-state index is -3.47. The maximum Gasteiger partial charge on any atom is 0.241 e. The molecule has 1 atom stereocenters. The summed E-state index contributed by atoms with van der Waals surface area (Å²) in [6, 6.07) is 16.2. The Bertz CT molecular complexity index is 649. The monoisotopic (exact) mass is 289 g/mol. The fraction of sp³-hybridized carbons (Fsp3) is 0.250. The third-order valence-electron chi connectivity index (χ3n) is 3.27. The largest absolute Gasteiger partial charge is 0.241 e. The summed E-state index contributed by atoms with van der Waals surface area (Å²) in [4.78, 5) is 0.289. The highest BCUT2D eigenvalue weighted by atomic mass is 32.2. The first-order valence-corrected chi connectivity index (χ1v) is 8.17. The number of benzene rings is 2. The molecule has 2 rings (SSSR count). The lowest BCUT2D eigenvalue weighted by Crippen LogP contribution is -2.26. The summed E-state index contributed by atoms with van der Waals surface area (Å²) >= 11 is 0. The summed E-state index contributed by atoms with van der Waals surface area (Å²) in [6.07, 6.45) is 0.977. The normalized spacial score (nSPS) is 13.1. The SMILES string of the molecule is CCc1ccc(C(C)NS(=O)(=O)c2ccccc2)cc1. The molecule has 3 nitrogen and oxygen atoms in total. The van der Waals surface area contributed by atoms with E-state index in [9.17, 15) is 8.42 Å². The molecule has 20 heavy (non-hydrogen) atoms. The smallest absolute Gasteiger partial charge is 0.207 e. The second-order valence-corrected chi connectivity index (χ2v) is 6.47. The Morgan fingerprint density at radius 1 is 1.00 bits per heavy atom. The molecule has 0 amide bonds. The van der Waals surface area contributed by atoms with Gasteiger partial charge < -0.3 is 0 Å². The highest BCUT2D eigenvalue weighted by Crippen LogP contribution is 2.17. The van der Waals surface area contributed by atoms with Gasteiger partial charge in [0.25, 0.3) is 0 Å². The van der Waals surface area contributed by atoms with Crippen LogP contribution in [-0.4, -0.2) is 8.42 Å². The van der Waals surface area contributed by atoms with Gasteiger partial charge in [0.15, 0.2) is 0 Å². The Hall–Kier alpha value is -1.65. The molecule has 0 bridgehead atoms. The molecule has 1 unspecified atom stereocenters. The van der Waals surface area contributed by atoms with Crippen molar-refractivity contribution in [3.63, 3.8) is 0 Å². The van der Waals surface area contributed by atoms with E-state index in [1.165, 1.54) is 5.56 Å².